The van der Waals surface area contributed by atoms with Gasteiger partial charge in [0.1, 0.15) is 18.3 Å². The average Bonchev–Trinajstić information content (AvgIpc) is 3.02. The second-order valence-electron chi connectivity index (χ2n) is 6.55. The van der Waals surface area contributed by atoms with Crippen molar-refractivity contribution in [1.82, 2.24) is 0 Å². The summed E-state index contributed by atoms with van der Waals surface area (Å²) < 4.78 is 4.91. The van der Waals surface area contributed by atoms with Gasteiger partial charge >= 0.3 is 5.91 Å². The fourth-order valence-electron chi connectivity index (χ4n) is 3.79. The van der Waals surface area contributed by atoms with Crippen molar-refractivity contribution >= 4 is 5.91 Å². The Morgan fingerprint density at radius 1 is 1.38 bits per heavy atom. The number of rotatable bonds is 3. The van der Waals surface area contributed by atoms with Gasteiger partial charge in [-0.05, 0) is 48.9 Å². The standard InChI is InChI=1S/C17H24NO3/c1-12-4-3-7-18(12,20)17(19)10-13-8-14-5-6-16(21-2)11-15(14)9-13/h5-6,11-13,20H,3-4,7-10H2,1-2H3/q+1/t12?,13-,18+/m1/s1. The number of likely N-dealkylation sites (tertiary alicyclic amines) is 1. The Kier molecular flexibility index (Phi) is 3.76. The molecule has 1 aromatic carbocycles. The second-order valence-corrected chi connectivity index (χ2v) is 6.55. The van der Waals surface area contributed by atoms with Gasteiger partial charge in [-0.3, -0.25) is 0 Å². The van der Waals surface area contributed by atoms with Crippen LogP contribution in [-0.2, 0) is 17.6 Å². The van der Waals surface area contributed by atoms with Gasteiger partial charge in [0, 0.05) is 12.8 Å². The Hall–Kier alpha value is -1.39. The monoisotopic (exact) mass is 290 g/mol. The highest BCUT2D eigenvalue weighted by molar-refractivity contribution is 5.69. The van der Waals surface area contributed by atoms with Gasteiger partial charge in [-0.15, -0.1) is 4.65 Å². The molecule has 4 heteroatoms. The summed E-state index contributed by atoms with van der Waals surface area (Å²) in [6, 6.07) is 6.19. The van der Waals surface area contributed by atoms with Crippen LogP contribution in [0.2, 0.25) is 0 Å². The van der Waals surface area contributed by atoms with Gasteiger partial charge in [-0.1, -0.05) is 6.07 Å². The number of nitrogens with zero attached hydrogens (tertiary/aromatic N) is 1. The van der Waals surface area contributed by atoms with E-state index >= 15 is 0 Å². The molecule has 3 rings (SSSR count). The number of quaternary nitrogens is 1. The number of ether oxygens (including phenoxy) is 1. The van der Waals surface area contributed by atoms with Crippen LogP contribution in [0.1, 0.15) is 37.3 Å². The number of methoxy groups -OCH3 is 1. The molecule has 1 aliphatic heterocycles. The third kappa shape index (κ3) is 2.58. The molecule has 1 N–H and O–H groups in total. The maximum atomic E-state index is 12.5. The van der Waals surface area contributed by atoms with Gasteiger partial charge in [-0.25, -0.2) is 10.0 Å². The van der Waals surface area contributed by atoms with Crippen molar-refractivity contribution in [3.63, 3.8) is 0 Å². The Bertz CT molecular complexity index is 557. The molecule has 1 aliphatic carbocycles. The summed E-state index contributed by atoms with van der Waals surface area (Å²) in [5, 5.41) is 10.6. The van der Waals surface area contributed by atoms with Crippen molar-refractivity contribution in [2.75, 3.05) is 13.7 Å². The zero-order valence-corrected chi connectivity index (χ0v) is 12.8. The van der Waals surface area contributed by atoms with Gasteiger partial charge in [-0.2, -0.15) is 0 Å². The van der Waals surface area contributed by atoms with Gasteiger partial charge in [0.25, 0.3) is 0 Å². The molecule has 21 heavy (non-hydrogen) atoms. The molecule has 0 radical (unpaired) electrons. The summed E-state index contributed by atoms with van der Waals surface area (Å²) in [6.07, 6.45) is 4.18. The predicted molar refractivity (Wildman–Crippen MR) is 79.1 cm³/mol. The summed E-state index contributed by atoms with van der Waals surface area (Å²) >= 11 is 0. The summed E-state index contributed by atoms with van der Waals surface area (Å²) in [7, 11) is 1.67. The Balaban J connectivity index is 1.67. The van der Waals surface area contributed by atoms with Crippen LogP contribution in [0.15, 0.2) is 18.2 Å². The van der Waals surface area contributed by atoms with Crippen molar-refractivity contribution in [3.8, 4) is 5.75 Å². The van der Waals surface area contributed by atoms with E-state index in [-0.39, 0.29) is 16.6 Å². The van der Waals surface area contributed by atoms with E-state index in [4.69, 9.17) is 4.74 Å². The summed E-state index contributed by atoms with van der Waals surface area (Å²) in [4.78, 5) is 12.5. The highest BCUT2D eigenvalue weighted by Crippen LogP contribution is 2.34. The first-order valence-electron chi connectivity index (χ1n) is 7.82. The minimum absolute atomic E-state index is 0.00947. The lowest BCUT2D eigenvalue weighted by molar-refractivity contribution is -1.05. The van der Waals surface area contributed by atoms with Crippen LogP contribution < -0.4 is 4.74 Å². The van der Waals surface area contributed by atoms with E-state index in [0.717, 1.165) is 31.4 Å². The number of amides is 1. The quantitative estimate of drug-likeness (QED) is 0.688. The SMILES string of the molecule is COc1ccc2c(c1)C[C@H](CC(=O)[N@+]1(O)CCCC1C)C2. The normalized spacial score (nSPS) is 31.2. The van der Waals surface area contributed by atoms with Crippen LogP contribution in [0.25, 0.3) is 0 Å². The lowest BCUT2D eigenvalue weighted by Crippen LogP contribution is -2.52. The van der Waals surface area contributed by atoms with Crippen molar-refractivity contribution in [2.24, 2.45) is 5.92 Å². The van der Waals surface area contributed by atoms with Crippen LogP contribution in [0.4, 0.5) is 0 Å². The fraction of sp³-hybridized carbons (Fsp3) is 0.588. The van der Waals surface area contributed by atoms with E-state index in [2.05, 4.69) is 12.1 Å². The summed E-state index contributed by atoms with van der Waals surface area (Å²) in [6.45, 7) is 2.55. The molecular weight excluding hydrogens is 266 g/mol. The summed E-state index contributed by atoms with van der Waals surface area (Å²) in [5.74, 6) is 1.18. The van der Waals surface area contributed by atoms with E-state index < -0.39 is 0 Å². The van der Waals surface area contributed by atoms with E-state index in [9.17, 15) is 10.0 Å². The molecule has 114 valence electrons. The zero-order chi connectivity index (χ0) is 15.0. The molecule has 1 fully saturated rings. The molecule has 1 amide bonds. The first kappa shape index (κ1) is 14.5. The second kappa shape index (κ2) is 5.43. The molecular formula is C17H24NO3+. The molecule has 0 saturated carbocycles. The maximum absolute atomic E-state index is 12.5. The smallest absolute Gasteiger partial charge is 0.346 e. The fourth-order valence-corrected chi connectivity index (χ4v) is 3.79. The van der Waals surface area contributed by atoms with Crippen molar-refractivity contribution in [1.29, 1.82) is 0 Å². The molecule has 0 aromatic heterocycles. The van der Waals surface area contributed by atoms with E-state index in [1.165, 1.54) is 11.1 Å². The third-order valence-electron chi connectivity index (χ3n) is 5.18. The first-order chi connectivity index (χ1) is 10.0. The number of carbonyl (C=O) groups is 1. The zero-order valence-electron chi connectivity index (χ0n) is 12.8. The van der Waals surface area contributed by atoms with Crippen LogP contribution in [0, 0.1) is 5.92 Å². The van der Waals surface area contributed by atoms with E-state index in [1.54, 1.807) is 7.11 Å². The first-order valence-corrected chi connectivity index (χ1v) is 7.82. The van der Waals surface area contributed by atoms with Crippen LogP contribution >= 0.6 is 0 Å². The van der Waals surface area contributed by atoms with Crippen molar-refractivity contribution in [3.05, 3.63) is 29.3 Å². The summed E-state index contributed by atoms with van der Waals surface area (Å²) in [5.41, 5.74) is 2.60. The number of benzene rings is 1. The third-order valence-corrected chi connectivity index (χ3v) is 5.18. The van der Waals surface area contributed by atoms with Gasteiger partial charge in [0.15, 0.2) is 0 Å². The molecule has 1 saturated heterocycles. The number of fused-ring (bicyclic) bond motifs is 1. The number of hydrogen-bond acceptors (Lipinski definition) is 3. The molecule has 1 heterocycles. The van der Waals surface area contributed by atoms with Crippen molar-refractivity contribution < 1.29 is 19.4 Å². The average molecular weight is 290 g/mol. The number of hydrogen-bond donors (Lipinski definition) is 1. The lowest BCUT2D eigenvalue weighted by Gasteiger charge is -2.27. The molecule has 1 aromatic rings. The van der Waals surface area contributed by atoms with Gasteiger partial charge < -0.3 is 4.74 Å². The van der Waals surface area contributed by atoms with Crippen LogP contribution in [-0.4, -0.2) is 35.5 Å². The van der Waals surface area contributed by atoms with Crippen LogP contribution in [0.3, 0.4) is 0 Å². The van der Waals surface area contributed by atoms with Gasteiger partial charge in [0.2, 0.25) is 0 Å². The largest absolute Gasteiger partial charge is 0.497 e. The minimum atomic E-state index is -0.351. The molecule has 0 bridgehead atoms. The topological polar surface area (TPSA) is 46.5 Å². The molecule has 2 aliphatic rings. The Labute approximate surface area is 125 Å². The molecule has 4 nitrogen and oxygen atoms in total. The molecule has 1 unspecified atom stereocenters. The van der Waals surface area contributed by atoms with E-state index in [0.29, 0.717) is 18.9 Å². The highest BCUT2D eigenvalue weighted by Gasteiger charge is 2.46. The molecule has 0 spiro atoms. The number of carbonyl (C=O) groups excluding carboxylic acids is 1. The maximum Gasteiger partial charge on any atom is 0.346 e. The highest BCUT2D eigenvalue weighted by atomic mass is 16.6. The van der Waals surface area contributed by atoms with Gasteiger partial charge in [0.05, 0.1) is 13.5 Å². The Morgan fingerprint density at radius 2 is 2.14 bits per heavy atom. The molecule has 3 atom stereocenters. The lowest BCUT2D eigenvalue weighted by atomic mass is 10.0. The Morgan fingerprint density at radius 3 is 2.81 bits per heavy atom. The number of hydroxylamine groups is 3. The predicted octanol–water partition coefficient (Wildman–Crippen LogP) is 2.72. The van der Waals surface area contributed by atoms with E-state index in [1.807, 2.05) is 13.0 Å². The minimum Gasteiger partial charge on any atom is -0.497 e. The van der Waals surface area contributed by atoms with Crippen LogP contribution in [0.5, 0.6) is 5.75 Å². The van der Waals surface area contributed by atoms with Crippen molar-refractivity contribution in [2.45, 2.75) is 45.1 Å².